The van der Waals surface area contributed by atoms with Gasteiger partial charge < -0.3 is 28.8 Å². The molecule has 15 heteroatoms. The van der Waals surface area contributed by atoms with E-state index in [0.29, 0.717) is 0 Å². The molecule has 0 aliphatic heterocycles. The lowest BCUT2D eigenvalue weighted by atomic mass is 10.1. The van der Waals surface area contributed by atoms with Crippen LogP contribution in [0.5, 0.6) is 0 Å². The second-order valence-electron chi connectivity index (χ2n) is 17.1. The Morgan fingerprint density at radius 1 is 0.440 bits per heavy atom. The second kappa shape index (κ2) is 18.8. The first-order chi connectivity index (χ1) is 22.2. The van der Waals surface area contributed by atoms with Crippen molar-refractivity contribution >= 4 is 35.8 Å². The molecule has 50 heavy (non-hydrogen) atoms. The van der Waals surface area contributed by atoms with Crippen LogP contribution in [-0.2, 0) is 52.5 Å². The average Bonchev–Trinajstić information content (AvgIpc) is 2.78. The number of hydrogen-bond acceptors (Lipinski definition) is 14. The second-order valence-corrected chi connectivity index (χ2v) is 17.1. The Morgan fingerprint density at radius 3 is 0.940 bits per heavy atom. The van der Waals surface area contributed by atoms with Crippen molar-refractivity contribution in [3.8, 4) is 0 Å². The predicted molar refractivity (Wildman–Crippen MR) is 185 cm³/mol. The molecule has 0 radical (unpaired) electrons. The van der Waals surface area contributed by atoms with Gasteiger partial charge in [0, 0.05) is 19.6 Å². The molecule has 0 amide bonds. The van der Waals surface area contributed by atoms with Crippen LogP contribution in [0, 0.1) is 0 Å². The van der Waals surface area contributed by atoms with Crippen molar-refractivity contribution in [3.63, 3.8) is 0 Å². The fourth-order valence-corrected chi connectivity index (χ4v) is 4.35. The van der Waals surface area contributed by atoms with E-state index >= 15 is 0 Å². The monoisotopic (exact) mass is 717 g/mol. The van der Waals surface area contributed by atoms with Gasteiger partial charge in [-0.05, 0) is 104 Å². The quantitative estimate of drug-likeness (QED) is 0.171. The number of carboxylic acids is 1. The molecular formula is C35H63N3O12. The van der Waals surface area contributed by atoms with Gasteiger partial charge in [0.15, 0.2) is 0 Å². The highest BCUT2D eigenvalue weighted by Gasteiger charge is 2.35. The van der Waals surface area contributed by atoms with Gasteiger partial charge in [-0.1, -0.05) is 0 Å². The molecule has 0 aromatic rings. The fourth-order valence-electron chi connectivity index (χ4n) is 4.35. The zero-order valence-electron chi connectivity index (χ0n) is 33.0. The van der Waals surface area contributed by atoms with Gasteiger partial charge in [0.2, 0.25) is 0 Å². The van der Waals surface area contributed by atoms with E-state index in [0.717, 1.165) is 4.90 Å². The normalized spacial score (nSPS) is 13.6. The molecule has 1 unspecified atom stereocenters. The lowest BCUT2D eigenvalue weighted by Gasteiger charge is -2.34. The molecule has 0 fully saturated rings. The molecule has 0 rings (SSSR count). The van der Waals surface area contributed by atoms with Gasteiger partial charge in [0.05, 0.1) is 32.7 Å². The van der Waals surface area contributed by atoms with Crippen molar-refractivity contribution in [1.29, 1.82) is 0 Å². The van der Waals surface area contributed by atoms with Crippen LogP contribution in [0.3, 0.4) is 0 Å². The number of nitrogens with zero attached hydrogens (tertiary/aromatic N) is 3. The third-order valence-corrected chi connectivity index (χ3v) is 5.71. The maximum absolute atomic E-state index is 13.0. The summed E-state index contributed by atoms with van der Waals surface area (Å²) in [6.07, 6.45) is 0. The molecule has 0 aromatic heterocycles. The summed E-state index contributed by atoms with van der Waals surface area (Å²) in [6, 6.07) is -1.51. The van der Waals surface area contributed by atoms with Crippen LogP contribution in [0.1, 0.15) is 104 Å². The molecule has 15 nitrogen and oxygen atoms in total. The molecule has 1 atom stereocenters. The molecule has 0 aromatic carbocycles. The standard InChI is InChI=1S/C35H63N3O12/c1-31(2,3)46-25(39)19-36(16-17-37(20-26(40)47-32(4,5)6)21-27(41)48-33(7,8)9)18-24(30(44)45)38(22-28(42)49-34(10,11)12)23-29(43)50-35(13,14)15/h24H,16-23H2,1-15H3,(H,44,45). The Kier molecular flexibility index (Phi) is 17.6. The van der Waals surface area contributed by atoms with E-state index in [1.807, 2.05) is 0 Å². The van der Waals surface area contributed by atoms with Crippen LogP contribution < -0.4 is 0 Å². The molecule has 0 heterocycles. The Hall–Kier alpha value is -3.30. The third kappa shape index (κ3) is 24.8. The molecule has 0 bridgehead atoms. The average molecular weight is 718 g/mol. The van der Waals surface area contributed by atoms with E-state index in [9.17, 15) is 33.9 Å². The van der Waals surface area contributed by atoms with Crippen molar-refractivity contribution in [3.05, 3.63) is 0 Å². The third-order valence-electron chi connectivity index (χ3n) is 5.71. The molecule has 0 saturated heterocycles. The van der Waals surface area contributed by atoms with Crippen LogP contribution in [0.25, 0.3) is 0 Å². The summed E-state index contributed by atoms with van der Waals surface area (Å²) in [5.74, 6) is -4.81. The number of carbonyl (C=O) groups is 6. The number of carboxylic acid groups (broad SMARTS) is 1. The maximum atomic E-state index is 13.0. The van der Waals surface area contributed by atoms with Crippen LogP contribution >= 0.6 is 0 Å². The minimum Gasteiger partial charge on any atom is -0.480 e. The molecular weight excluding hydrogens is 654 g/mol. The summed E-state index contributed by atoms with van der Waals surface area (Å²) >= 11 is 0. The van der Waals surface area contributed by atoms with Crippen molar-refractivity contribution in [1.82, 2.24) is 14.7 Å². The summed E-state index contributed by atoms with van der Waals surface area (Å²) in [5, 5.41) is 10.4. The van der Waals surface area contributed by atoms with E-state index in [1.165, 1.54) is 9.80 Å². The largest absolute Gasteiger partial charge is 0.480 e. The Bertz CT molecular complexity index is 1110. The highest BCUT2D eigenvalue weighted by molar-refractivity contribution is 5.80. The van der Waals surface area contributed by atoms with Crippen LogP contribution in [-0.4, -0.2) is 142 Å². The summed E-state index contributed by atoms with van der Waals surface area (Å²) < 4.78 is 27.3. The summed E-state index contributed by atoms with van der Waals surface area (Å²) in [4.78, 5) is 81.3. The van der Waals surface area contributed by atoms with Gasteiger partial charge >= 0.3 is 35.8 Å². The van der Waals surface area contributed by atoms with E-state index in [2.05, 4.69) is 0 Å². The maximum Gasteiger partial charge on any atom is 0.322 e. The molecule has 0 saturated carbocycles. The predicted octanol–water partition coefficient (Wildman–Crippen LogP) is 3.05. The van der Waals surface area contributed by atoms with Crippen molar-refractivity contribution in [2.45, 2.75) is 138 Å². The number of esters is 5. The zero-order chi connectivity index (χ0) is 39.5. The first-order valence-corrected chi connectivity index (χ1v) is 16.7. The van der Waals surface area contributed by atoms with E-state index < -0.39 is 83.0 Å². The first kappa shape index (κ1) is 46.7. The van der Waals surface area contributed by atoms with Crippen LogP contribution in [0.15, 0.2) is 0 Å². The van der Waals surface area contributed by atoms with E-state index in [-0.39, 0.29) is 39.3 Å². The minimum absolute atomic E-state index is 0.00818. The molecule has 0 aliphatic carbocycles. The molecule has 0 spiro atoms. The van der Waals surface area contributed by atoms with Crippen LogP contribution in [0.2, 0.25) is 0 Å². The highest BCUT2D eigenvalue weighted by atomic mass is 16.6. The highest BCUT2D eigenvalue weighted by Crippen LogP contribution is 2.15. The smallest absolute Gasteiger partial charge is 0.322 e. The van der Waals surface area contributed by atoms with Crippen molar-refractivity contribution in [2.24, 2.45) is 0 Å². The first-order valence-electron chi connectivity index (χ1n) is 16.7. The van der Waals surface area contributed by atoms with Crippen LogP contribution in [0.4, 0.5) is 0 Å². The Labute approximate surface area is 298 Å². The number of rotatable bonds is 17. The molecule has 0 aliphatic rings. The van der Waals surface area contributed by atoms with Crippen molar-refractivity contribution in [2.75, 3.05) is 52.4 Å². The Balaban J connectivity index is 6.61. The van der Waals surface area contributed by atoms with Gasteiger partial charge in [-0.25, -0.2) is 0 Å². The lowest BCUT2D eigenvalue weighted by molar-refractivity contribution is -0.165. The summed E-state index contributed by atoms with van der Waals surface area (Å²) in [6.45, 7) is 22.7. The van der Waals surface area contributed by atoms with Gasteiger partial charge in [-0.2, -0.15) is 0 Å². The molecule has 1 N–H and O–H groups in total. The minimum atomic E-state index is -1.51. The SMILES string of the molecule is CC(C)(C)OC(=O)CN(CCN(CC(=O)OC(C)(C)C)CC(C(=O)O)N(CC(=O)OC(C)(C)C)CC(=O)OC(C)(C)C)CC(=O)OC(C)(C)C. The van der Waals surface area contributed by atoms with Gasteiger partial charge in [0.25, 0.3) is 0 Å². The topological polar surface area (TPSA) is 179 Å². The number of aliphatic carboxylic acids is 1. The number of hydrogen-bond donors (Lipinski definition) is 1. The van der Waals surface area contributed by atoms with Gasteiger partial charge in [-0.3, -0.25) is 43.5 Å². The van der Waals surface area contributed by atoms with Gasteiger partial charge in [-0.15, -0.1) is 0 Å². The fraction of sp³-hybridized carbons (Fsp3) is 0.829. The van der Waals surface area contributed by atoms with E-state index in [4.69, 9.17) is 23.7 Å². The summed E-state index contributed by atoms with van der Waals surface area (Å²) in [7, 11) is 0. The zero-order valence-corrected chi connectivity index (χ0v) is 33.0. The summed E-state index contributed by atoms with van der Waals surface area (Å²) in [5.41, 5.74) is -4.21. The number of carbonyl (C=O) groups excluding carboxylic acids is 5. The van der Waals surface area contributed by atoms with E-state index in [1.54, 1.807) is 104 Å². The number of ether oxygens (including phenoxy) is 5. The van der Waals surface area contributed by atoms with Gasteiger partial charge in [0.1, 0.15) is 34.0 Å². The lowest BCUT2D eigenvalue weighted by Crippen LogP contribution is -2.55. The van der Waals surface area contributed by atoms with Crippen molar-refractivity contribution < 1.29 is 57.6 Å². The Morgan fingerprint density at radius 2 is 0.680 bits per heavy atom. The molecule has 290 valence electrons.